The fourth-order valence-corrected chi connectivity index (χ4v) is 2.96. The van der Waals surface area contributed by atoms with Crippen molar-refractivity contribution in [2.75, 3.05) is 12.8 Å². The Morgan fingerprint density at radius 1 is 1.33 bits per heavy atom. The van der Waals surface area contributed by atoms with E-state index in [1.54, 1.807) is 19.2 Å². The van der Waals surface area contributed by atoms with Gasteiger partial charge in [-0.25, -0.2) is 0 Å². The molecule has 1 aliphatic rings. The summed E-state index contributed by atoms with van der Waals surface area (Å²) in [5.41, 5.74) is 7.16. The van der Waals surface area contributed by atoms with Crippen LogP contribution in [0.1, 0.15) is 25.7 Å². The number of anilines is 1. The number of ether oxygens (including phenoxy) is 2. The summed E-state index contributed by atoms with van der Waals surface area (Å²) in [5, 5.41) is 7.42. The minimum Gasteiger partial charge on any atom is -0.493 e. The molecule has 0 spiro atoms. The summed E-state index contributed by atoms with van der Waals surface area (Å²) in [7, 11) is 1.62. The lowest BCUT2D eigenvalue weighted by Crippen LogP contribution is -2.12. The number of benzene rings is 1. The number of nitrogen functional groups attached to an aromatic ring is 1. The first-order chi connectivity index (χ1) is 10.2. The maximum atomic E-state index is 6.36. The fraction of sp³-hybridized carbons (Fsp3) is 0.400. The highest BCUT2D eigenvalue weighted by Gasteiger charge is 2.23. The van der Waals surface area contributed by atoms with E-state index < -0.39 is 0 Å². The summed E-state index contributed by atoms with van der Waals surface area (Å²) in [4.78, 5) is 0. The van der Waals surface area contributed by atoms with Crippen molar-refractivity contribution in [3.05, 3.63) is 23.2 Å². The second-order valence-corrected chi connectivity index (χ2v) is 5.59. The number of methoxy groups -OCH3 is 1. The predicted molar refractivity (Wildman–Crippen MR) is 82.9 cm³/mol. The van der Waals surface area contributed by atoms with Gasteiger partial charge in [-0.2, -0.15) is 5.10 Å². The summed E-state index contributed by atoms with van der Waals surface area (Å²) in [6.45, 7) is 0. The zero-order valence-electron chi connectivity index (χ0n) is 11.9. The van der Waals surface area contributed by atoms with Gasteiger partial charge in [-0.15, -0.1) is 0 Å². The summed E-state index contributed by atoms with van der Waals surface area (Å²) in [6, 6.07) is 5.34. The van der Waals surface area contributed by atoms with Crippen LogP contribution < -0.4 is 15.2 Å². The zero-order chi connectivity index (χ0) is 14.8. The largest absolute Gasteiger partial charge is 0.493 e. The Morgan fingerprint density at radius 2 is 2.10 bits per heavy atom. The Morgan fingerprint density at radius 3 is 2.71 bits per heavy atom. The first-order valence-corrected chi connectivity index (χ1v) is 7.41. The van der Waals surface area contributed by atoms with E-state index in [1.807, 2.05) is 6.07 Å². The molecule has 1 heterocycles. The average Bonchev–Trinajstić information content (AvgIpc) is 3.11. The monoisotopic (exact) mass is 307 g/mol. The van der Waals surface area contributed by atoms with E-state index in [2.05, 4.69) is 10.2 Å². The topological polar surface area (TPSA) is 73.2 Å². The molecule has 1 aromatic carbocycles. The van der Waals surface area contributed by atoms with Crippen LogP contribution in [0.25, 0.3) is 11.3 Å². The van der Waals surface area contributed by atoms with Crippen LogP contribution in [-0.2, 0) is 0 Å². The summed E-state index contributed by atoms with van der Waals surface area (Å²) < 4.78 is 11.6. The van der Waals surface area contributed by atoms with Crippen molar-refractivity contribution < 1.29 is 9.47 Å². The molecule has 2 aromatic rings. The molecule has 0 radical (unpaired) electrons. The van der Waals surface area contributed by atoms with Gasteiger partial charge in [-0.05, 0) is 37.8 Å². The first-order valence-electron chi connectivity index (χ1n) is 7.03. The van der Waals surface area contributed by atoms with Crippen molar-refractivity contribution in [1.82, 2.24) is 10.2 Å². The van der Waals surface area contributed by atoms with Crippen molar-refractivity contribution in [3.63, 3.8) is 0 Å². The van der Waals surface area contributed by atoms with Crippen LogP contribution in [0.5, 0.6) is 11.5 Å². The smallest absolute Gasteiger partial charge is 0.172 e. The van der Waals surface area contributed by atoms with Gasteiger partial charge in [0.1, 0.15) is 5.82 Å². The number of H-pyrrole nitrogens is 1. The SMILES string of the molecule is COc1ccc(Cl)c(-c2cc(N)n[nH]2)c1OC1CCCC1. The minimum absolute atomic E-state index is 0.205. The number of hydrogen-bond acceptors (Lipinski definition) is 4. The summed E-state index contributed by atoms with van der Waals surface area (Å²) >= 11 is 6.36. The van der Waals surface area contributed by atoms with E-state index in [0.29, 0.717) is 22.3 Å². The highest BCUT2D eigenvalue weighted by atomic mass is 35.5. The number of nitrogens with one attached hydrogen (secondary N) is 1. The molecule has 1 aliphatic carbocycles. The van der Waals surface area contributed by atoms with Crippen LogP contribution in [0.2, 0.25) is 5.02 Å². The number of nitrogens with two attached hydrogens (primary N) is 1. The number of halogens is 1. The van der Waals surface area contributed by atoms with E-state index >= 15 is 0 Å². The number of aromatic nitrogens is 2. The van der Waals surface area contributed by atoms with Gasteiger partial charge in [0.15, 0.2) is 11.5 Å². The van der Waals surface area contributed by atoms with Gasteiger partial charge < -0.3 is 15.2 Å². The maximum absolute atomic E-state index is 6.36. The number of nitrogens with zero attached hydrogens (tertiary/aromatic N) is 1. The van der Waals surface area contributed by atoms with Crippen LogP contribution in [0.4, 0.5) is 5.82 Å². The van der Waals surface area contributed by atoms with Crippen LogP contribution in [0.3, 0.4) is 0 Å². The molecule has 0 atom stereocenters. The molecule has 6 heteroatoms. The Hall–Kier alpha value is -1.88. The van der Waals surface area contributed by atoms with Crippen molar-refractivity contribution in [2.45, 2.75) is 31.8 Å². The van der Waals surface area contributed by atoms with Gasteiger partial charge in [0, 0.05) is 6.07 Å². The lowest BCUT2D eigenvalue weighted by atomic mass is 10.1. The number of rotatable bonds is 4. The molecule has 0 bridgehead atoms. The average molecular weight is 308 g/mol. The molecule has 0 amide bonds. The lowest BCUT2D eigenvalue weighted by molar-refractivity contribution is 0.202. The van der Waals surface area contributed by atoms with Gasteiger partial charge in [0.05, 0.1) is 29.5 Å². The lowest BCUT2D eigenvalue weighted by Gasteiger charge is -2.19. The third kappa shape index (κ3) is 2.78. The fourth-order valence-electron chi connectivity index (χ4n) is 2.71. The normalized spacial score (nSPS) is 15.3. The molecular formula is C15H18ClN3O2. The Kier molecular flexibility index (Phi) is 3.92. The zero-order valence-corrected chi connectivity index (χ0v) is 12.6. The van der Waals surface area contributed by atoms with Crippen molar-refractivity contribution in [1.29, 1.82) is 0 Å². The van der Waals surface area contributed by atoms with E-state index in [-0.39, 0.29) is 6.10 Å². The third-order valence-electron chi connectivity index (χ3n) is 3.74. The van der Waals surface area contributed by atoms with Crippen LogP contribution in [-0.4, -0.2) is 23.4 Å². The minimum atomic E-state index is 0.205. The van der Waals surface area contributed by atoms with E-state index in [4.69, 9.17) is 26.8 Å². The molecule has 0 saturated heterocycles. The van der Waals surface area contributed by atoms with Crippen molar-refractivity contribution in [2.24, 2.45) is 0 Å². The summed E-state index contributed by atoms with van der Waals surface area (Å²) in [6.07, 6.45) is 4.71. The van der Waals surface area contributed by atoms with Crippen LogP contribution in [0.15, 0.2) is 18.2 Å². The van der Waals surface area contributed by atoms with Gasteiger partial charge in [0.25, 0.3) is 0 Å². The summed E-state index contributed by atoms with van der Waals surface area (Å²) in [5.74, 6) is 1.73. The molecule has 112 valence electrons. The number of aromatic amines is 1. The molecular weight excluding hydrogens is 290 g/mol. The van der Waals surface area contributed by atoms with Gasteiger partial charge in [-0.3, -0.25) is 5.10 Å². The second kappa shape index (κ2) is 5.85. The maximum Gasteiger partial charge on any atom is 0.172 e. The molecule has 1 fully saturated rings. The highest BCUT2D eigenvalue weighted by Crippen LogP contribution is 2.44. The van der Waals surface area contributed by atoms with Crippen molar-refractivity contribution >= 4 is 17.4 Å². The van der Waals surface area contributed by atoms with Gasteiger partial charge >= 0.3 is 0 Å². The molecule has 3 rings (SSSR count). The van der Waals surface area contributed by atoms with Crippen LogP contribution in [0, 0.1) is 0 Å². The highest BCUT2D eigenvalue weighted by molar-refractivity contribution is 6.33. The Labute approximate surface area is 128 Å². The Bertz CT molecular complexity index is 636. The third-order valence-corrected chi connectivity index (χ3v) is 4.06. The van der Waals surface area contributed by atoms with Gasteiger partial charge in [0.2, 0.25) is 0 Å². The standard InChI is InChI=1S/C15H18ClN3O2/c1-20-12-7-6-10(16)14(11-8-13(17)19-18-11)15(12)21-9-4-2-3-5-9/h6-9H,2-5H2,1H3,(H3,17,18,19). The molecule has 0 aliphatic heterocycles. The molecule has 3 N–H and O–H groups in total. The Balaban J connectivity index is 2.07. The second-order valence-electron chi connectivity index (χ2n) is 5.18. The predicted octanol–water partition coefficient (Wildman–Crippen LogP) is 3.64. The van der Waals surface area contributed by atoms with E-state index in [9.17, 15) is 0 Å². The van der Waals surface area contributed by atoms with Crippen molar-refractivity contribution in [3.8, 4) is 22.8 Å². The van der Waals surface area contributed by atoms with E-state index in [1.165, 1.54) is 12.8 Å². The molecule has 1 saturated carbocycles. The van der Waals surface area contributed by atoms with Crippen LogP contribution >= 0.6 is 11.6 Å². The first kappa shape index (κ1) is 14.1. The van der Waals surface area contributed by atoms with Gasteiger partial charge in [-0.1, -0.05) is 11.6 Å². The molecule has 0 unspecified atom stereocenters. The molecule has 5 nitrogen and oxygen atoms in total. The van der Waals surface area contributed by atoms with E-state index in [0.717, 1.165) is 24.1 Å². The molecule has 1 aromatic heterocycles. The quantitative estimate of drug-likeness (QED) is 0.904. The number of hydrogen-bond donors (Lipinski definition) is 2. The molecule has 21 heavy (non-hydrogen) atoms.